The van der Waals surface area contributed by atoms with Crippen LogP contribution < -0.4 is 0 Å². The van der Waals surface area contributed by atoms with Gasteiger partial charge in [-0.15, -0.1) is 0 Å². The van der Waals surface area contributed by atoms with Crippen molar-refractivity contribution in [3.05, 3.63) is 23.3 Å². The fraction of sp³-hybridized carbons (Fsp3) is 0.562. The van der Waals surface area contributed by atoms with Gasteiger partial charge in [0.05, 0.1) is 30.9 Å². The number of aliphatic carboxylic acids is 1. The van der Waals surface area contributed by atoms with Gasteiger partial charge in [0.25, 0.3) is 0 Å². The molecule has 0 aromatic rings. The van der Waals surface area contributed by atoms with Crippen molar-refractivity contribution in [3.63, 3.8) is 0 Å². The summed E-state index contributed by atoms with van der Waals surface area (Å²) in [6, 6.07) is 0. The normalized spacial score (nSPS) is 18.0. The third kappa shape index (κ3) is 6.69. The fourth-order valence-corrected chi connectivity index (χ4v) is 3.68. The van der Waals surface area contributed by atoms with Gasteiger partial charge in [-0.3, -0.25) is 9.36 Å². The highest BCUT2D eigenvalue weighted by atomic mass is 31.2. The Morgan fingerprint density at radius 2 is 1.96 bits per heavy atom. The minimum atomic E-state index is -4.62. The molecule has 0 fully saturated rings. The number of hydrogen-bond acceptors (Lipinski definition) is 4. The second-order valence-electron chi connectivity index (χ2n) is 5.10. The number of allylic oxidation sites excluding steroid dienone is 3. The van der Waals surface area contributed by atoms with Crippen molar-refractivity contribution in [3.8, 4) is 11.8 Å². The van der Waals surface area contributed by atoms with E-state index in [2.05, 4.69) is 11.8 Å². The van der Waals surface area contributed by atoms with E-state index in [0.717, 1.165) is 12.2 Å². The summed E-state index contributed by atoms with van der Waals surface area (Å²) in [5, 5.41) is 8.97. The van der Waals surface area contributed by atoms with Crippen molar-refractivity contribution in [2.24, 2.45) is 5.92 Å². The van der Waals surface area contributed by atoms with E-state index in [1.807, 2.05) is 0 Å². The van der Waals surface area contributed by atoms with Gasteiger partial charge >= 0.3 is 19.7 Å². The van der Waals surface area contributed by atoms with E-state index >= 15 is 0 Å². The SMILES string of the molecule is CCOP(=O)(CCC#CC1=CC(C(=O)O)CC=C1C(F)(F)F)OCC. The summed E-state index contributed by atoms with van der Waals surface area (Å²) in [6.45, 7) is 3.65. The zero-order valence-electron chi connectivity index (χ0n) is 13.9. The Hall–Kier alpha value is -1.55. The zero-order chi connectivity index (χ0) is 19.1. The van der Waals surface area contributed by atoms with Gasteiger partial charge in [-0.25, -0.2) is 0 Å². The van der Waals surface area contributed by atoms with E-state index in [1.165, 1.54) is 0 Å². The van der Waals surface area contributed by atoms with Crippen LogP contribution in [0, 0.1) is 17.8 Å². The summed E-state index contributed by atoms with van der Waals surface area (Å²) in [7, 11) is -3.32. The molecule has 0 saturated heterocycles. The molecule has 9 heteroatoms. The van der Waals surface area contributed by atoms with Crippen molar-refractivity contribution >= 4 is 13.6 Å². The average molecular weight is 380 g/mol. The summed E-state index contributed by atoms with van der Waals surface area (Å²) in [6.07, 6.45) is -3.06. The van der Waals surface area contributed by atoms with Crippen LogP contribution in [0.1, 0.15) is 26.7 Å². The standard InChI is InChI=1S/C16H20F3O5P/c1-3-23-25(22,24-4-2)10-6-5-7-12-11-13(15(20)21)8-9-14(12)16(17,18)19/h9,11,13H,3-4,6,8,10H2,1-2H3,(H,20,21). The van der Waals surface area contributed by atoms with E-state index < -0.39 is 31.2 Å². The number of rotatable bonds is 7. The first kappa shape index (κ1) is 21.5. The van der Waals surface area contributed by atoms with Crippen LogP contribution in [0.3, 0.4) is 0 Å². The number of carbonyl (C=O) groups is 1. The summed E-state index contributed by atoms with van der Waals surface area (Å²) >= 11 is 0. The van der Waals surface area contributed by atoms with Crippen molar-refractivity contribution in [1.82, 2.24) is 0 Å². The van der Waals surface area contributed by atoms with Gasteiger partial charge in [-0.2, -0.15) is 13.2 Å². The molecular formula is C16H20F3O5P. The molecule has 0 heterocycles. The van der Waals surface area contributed by atoms with E-state index in [1.54, 1.807) is 13.8 Å². The Morgan fingerprint density at radius 1 is 1.36 bits per heavy atom. The lowest BCUT2D eigenvalue weighted by molar-refractivity contribution is -0.140. The van der Waals surface area contributed by atoms with Crippen LogP contribution >= 0.6 is 7.60 Å². The molecule has 1 aliphatic carbocycles. The molecule has 0 aromatic carbocycles. The molecule has 0 amide bonds. The van der Waals surface area contributed by atoms with Crippen LogP contribution in [0.5, 0.6) is 0 Å². The van der Waals surface area contributed by atoms with Gasteiger partial charge in [0.2, 0.25) is 0 Å². The maximum absolute atomic E-state index is 13.0. The molecule has 0 saturated carbocycles. The number of carboxylic acid groups (broad SMARTS) is 1. The molecule has 1 N–H and O–H groups in total. The zero-order valence-corrected chi connectivity index (χ0v) is 14.8. The van der Waals surface area contributed by atoms with Crippen molar-refractivity contribution in [2.45, 2.75) is 32.9 Å². The largest absolute Gasteiger partial charge is 0.481 e. The topological polar surface area (TPSA) is 72.8 Å². The maximum Gasteiger partial charge on any atom is 0.417 e. The lowest BCUT2D eigenvalue weighted by atomic mass is 9.90. The van der Waals surface area contributed by atoms with E-state index in [0.29, 0.717) is 0 Å². The highest BCUT2D eigenvalue weighted by molar-refractivity contribution is 7.53. The van der Waals surface area contributed by atoms with Crippen LogP contribution in [0.4, 0.5) is 13.2 Å². The van der Waals surface area contributed by atoms with Gasteiger partial charge in [-0.1, -0.05) is 24.0 Å². The van der Waals surface area contributed by atoms with Gasteiger partial charge in [0.1, 0.15) is 0 Å². The molecule has 5 nitrogen and oxygen atoms in total. The van der Waals surface area contributed by atoms with Crippen molar-refractivity contribution < 1.29 is 36.7 Å². The second-order valence-corrected chi connectivity index (χ2v) is 7.28. The Balaban J connectivity index is 2.90. The van der Waals surface area contributed by atoms with Crippen LogP contribution in [0.15, 0.2) is 23.3 Å². The molecule has 0 bridgehead atoms. The van der Waals surface area contributed by atoms with Crippen molar-refractivity contribution in [2.75, 3.05) is 19.4 Å². The highest BCUT2D eigenvalue weighted by Crippen LogP contribution is 2.48. The maximum atomic E-state index is 13.0. The van der Waals surface area contributed by atoms with Gasteiger partial charge in [0.15, 0.2) is 0 Å². The molecule has 0 aliphatic heterocycles. The molecule has 1 unspecified atom stereocenters. The van der Waals surface area contributed by atoms with Gasteiger partial charge in [-0.05, 0) is 20.3 Å². The quantitative estimate of drug-likeness (QED) is 0.530. The minimum Gasteiger partial charge on any atom is -0.481 e. The lowest BCUT2D eigenvalue weighted by Gasteiger charge is -2.18. The molecule has 1 aliphatic rings. The Morgan fingerprint density at radius 3 is 2.44 bits per heavy atom. The van der Waals surface area contributed by atoms with Crippen molar-refractivity contribution in [1.29, 1.82) is 0 Å². The first-order valence-corrected chi connectivity index (χ1v) is 9.45. The first-order chi connectivity index (χ1) is 11.6. The predicted molar refractivity (Wildman–Crippen MR) is 86.1 cm³/mol. The third-order valence-corrected chi connectivity index (χ3v) is 5.32. The molecule has 1 atom stereocenters. The number of halogens is 3. The summed E-state index contributed by atoms with van der Waals surface area (Å²) < 4.78 is 61.4. The van der Waals surface area contributed by atoms with E-state index in [4.69, 9.17) is 14.2 Å². The minimum absolute atomic E-state index is 0.00249. The number of hydrogen-bond donors (Lipinski definition) is 1. The summed E-state index contributed by atoms with van der Waals surface area (Å²) in [5.41, 5.74) is -1.33. The van der Waals surface area contributed by atoms with Crippen LogP contribution in [0.25, 0.3) is 0 Å². The smallest absolute Gasteiger partial charge is 0.417 e. The molecule has 1 rings (SSSR count). The average Bonchev–Trinajstić information content (AvgIpc) is 2.51. The number of carboxylic acids is 1. The van der Waals surface area contributed by atoms with Gasteiger partial charge < -0.3 is 14.2 Å². The third-order valence-electron chi connectivity index (χ3n) is 3.24. The molecule has 25 heavy (non-hydrogen) atoms. The summed E-state index contributed by atoms with van der Waals surface area (Å²) in [5.74, 6) is 2.59. The Labute approximate surface area is 144 Å². The molecule has 0 radical (unpaired) electrons. The molecule has 140 valence electrons. The van der Waals surface area contributed by atoms with Crippen LogP contribution in [-0.2, 0) is 18.4 Å². The highest BCUT2D eigenvalue weighted by Gasteiger charge is 2.38. The fourth-order valence-electron chi connectivity index (χ4n) is 2.17. The monoisotopic (exact) mass is 380 g/mol. The van der Waals surface area contributed by atoms with Crippen LogP contribution in [0.2, 0.25) is 0 Å². The molecule has 0 aromatic heterocycles. The molecular weight excluding hydrogens is 360 g/mol. The van der Waals surface area contributed by atoms with E-state index in [9.17, 15) is 22.5 Å². The van der Waals surface area contributed by atoms with E-state index in [-0.39, 0.29) is 37.8 Å². The van der Waals surface area contributed by atoms with Gasteiger partial charge in [0, 0.05) is 12.0 Å². The molecule has 0 spiro atoms. The second kappa shape index (κ2) is 9.23. The number of alkyl halides is 3. The summed E-state index contributed by atoms with van der Waals surface area (Å²) in [4.78, 5) is 11.0. The lowest BCUT2D eigenvalue weighted by Crippen LogP contribution is -2.20. The van der Waals surface area contributed by atoms with Crippen LogP contribution in [-0.4, -0.2) is 36.6 Å². The Kier molecular flexibility index (Phi) is 7.94. The Bertz CT molecular complexity index is 645. The predicted octanol–water partition coefficient (Wildman–Crippen LogP) is 4.17. The first-order valence-electron chi connectivity index (χ1n) is 7.72.